The van der Waals surface area contributed by atoms with Crippen LogP contribution in [0.25, 0.3) is 0 Å². The number of carbonyl (C=O) groups is 2. The molecule has 0 radical (unpaired) electrons. The number of carboxylic acid groups (broad SMARTS) is 1. The Bertz CT molecular complexity index is 437. The van der Waals surface area contributed by atoms with E-state index in [0.29, 0.717) is 0 Å². The number of hydroxylamine groups is 1. The highest BCUT2D eigenvalue weighted by Crippen LogP contribution is 2.13. The third-order valence-electron chi connectivity index (χ3n) is 2.51. The van der Waals surface area contributed by atoms with Crippen LogP contribution in [0.3, 0.4) is 0 Å². The van der Waals surface area contributed by atoms with E-state index in [1.807, 2.05) is 30.3 Å². The van der Waals surface area contributed by atoms with Gasteiger partial charge >= 0.3 is 5.97 Å². The molecule has 0 heterocycles. The Morgan fingerprint density at radius 2 is 1.84 bits per heavy atom. The van der Waals surface area contributed by atoms with Gasteiger partial charge in [0.15, 0.2) is 6.10 Å². The minimum Gasteiger partial charge on any atom is -0.479 e. The molecule has 1 rings (SSSR count). The largest absolute Gasteiger partial charge is 0.479 e. The van der Waals surface area contributed by atoms with Crippen LogP contribution < -0.4 is 5.48 Å². The summed E-state index contributed by atoms with van der Waals surface area (Å²) in [5.41, 5.74) is 2.41. The minimum atomic E-state index is -1.11. The van der Waals surface area contributed by atoms with E-state index in [1.54, 1.807) is 20.8 Å². The van der Waals surface area contributed by atoms with Crippen LogP contribution in [0.1, 0.15) is 26.3 Å². The van der Waals surface area contributed by atoms with E-state index in [0.717, 1.165) is 5.56 Å². The lowest BCUT2D eigenvalue weighted by Crippen LogP contribution is -2.40. The van der Waals surface area contributed by atoms with Gasteiger partial charge in [-0.2, -0.15) is 0 Å². The van der Waals surface area contributed by atoms with Crippen LogP contribution in [0.2, 0.25) is 0 Å². The summed E-state index contributed by atoms with van der Waals surface area (Å²) in [4.78, 5) is 27.7. The fourth-order valence-corrected chi connectivity index (χ4v) is 1.29. The lowest BCUT2D eigenvalue weighted by molar-refractivity contribution is -0.163. The average molecular weight is 265 g/mol. The van der Waals surface area contributed by atoms with Gasteiger partial charge in [-0.15, -0.1) is 0 Å². The number of carboxylic acids is 1. The molecular formula is C14H19NO4. The molecule has 0 aliphatic carbocycles. The summed E-state index contributed by atoms with van der Waals surface area (Å²) in [5, 5.41) is 9.07. The van der Waals surface area contributed by atoms with Crippen molar-refractivity contribution in [3.63, 3.8) is 0 Å². The van der Waals surface area contributed by atoms with Crippen molar-refractivity contribution >= 4 is 11.9 Å². The van der Waals surface area contributed by atoms with Crippen molar-refractivity contribution in [1.82, 2.24) is 5.48 Å². The third kappa shape index (κ3) is 5.09. The average Bonchev–Trinajstić information content (AvgIpc) is 2.33. The molecule has 1 aromatic carbocycles. The lowest BCUT2D eigenvalue weighted by Gasteiger charge is -2.20. The number of nitrogens with one attached hydrogen (secondary N) is 1. The Morgan fingerprint density at radius 3 is 2.32 bits per heavy atom. The zero-order chi connectivity index (χ0) is 14.5. The van der Waals surface area contributed by atoms with Gasteiger partial charge in [0.1, 0.15) is 0 Å². The first kappa shape index (κ1) is 15.2. The van der Waals surface area contributed by atoms with Gasteiger partial charge in [0.05, 0.1) is 0 Å². The molecule has 104 valence electrons. The Morgan fingerprint density at radius 1 is 1.26 bits per heavy atom. The molecule has 1 atom stereocenters. The molecule has 1 amide bonds. The fourth-order valence-electron chi connectivity index (χ4n) is 1.29. The van der Waals surface area contributed by atoms with Crippen molar-refractivity contribution in [1.29, 1.82) is 0 Å². The van der Waals surface area contributed by atoms with E-state index in [9.17, 15) is 9.59 Å². The Hall–Kier alpha value is -1.88. The number of benzene rings is 1. The monoisotopic (exact) mass is 265 g/mol. The number of amides is 1. The number of rotatable bonds is 5. The first-order valence-corrected chi connectivity index (χ1v) is 6.03. The SMILES string of the molecule is CC(C)(C)C(=O)NO[C@@H](Cc1ccccc1)C(=O)O. The maximum atomic E-state index is 11.6. The zero-order valence-corrected chi connectivity index (χ0v) is 11.3. The van der Waals surface area contributed by atoms with E-state index >= 15 is 0 Å². The summed E-state index contributed by atoms with van der Waals surface area (Å²) in [7, 11) is 0. The summed E-state index contributed by atoms with van der Waals surface area (Å²) in [6.07, 6.45) is -0.908. The second-order valence-corrected chi connectivity index (χ2v) is 5.32. The Balaban J connectivity index is 2.60. The molecule has 0 aliphatic rings. The van der Waals surface area contributed by atoms with Gasteiger partial charge in [-0.25, -0.2) is 10.3 Å². The van der Waals surface area contributed by atoms with Crippen LogP contribution in [0.5, 0.6) is 0 Å². The molecule has 19 heavy (non-hydrogen) atoms. The molecule has 0 spiro atoms. The molecule has 5 heteroatoms. The number of aliphatic carboxylic acids is 1. The maximum Gasteiger partial charge on any atom is 0.335 e. The van der Waals surface area contributed by atoms with Crippen LogP contribution in [0.15, 0.2) is 30.3 Å². The number of carbonyl (C=O) groups excluding carboxylic acids is 1. The highest BCUT2D eigenvalue weighted by Gasteiger charge is 2.25. The van der Waals surface area contributed by atoms with Crippen molar-refractivity contribution < 1.29 is 19.5 Å². The van der Waals surface area contributed by atoms with Crippen LogP contribution in [0, 0.1) is 5.41 Å². The molecule has 5 nitrogen and oxygen atoms in total. The van der Waals surface area contributed by atoms with E-state index in [2.05, 4.69) is 5.48 Å². The molecule has 0 saturated heterocycles. The fraction of sp³-hybridized carbons (Fsp3) is 0.429. The summed E-state index contributed by atoms with van der Waals surface area (Å²) in [6.45, 7) is 5.16. The molecule has 0 fully saturated rings. The molecule has 0 aromatic heterocycles. The smallest absolute Gasteiger partial charge is 0.335 e. The van der Waals surface area contributed by atoms with Gasteiger partial charge in [0, 0.05) is 11.8 Å². The van der Waals surface area contributed by atoms with Crippen molar-refractivity contribution in [2.45, 2.75) is 33.3 Å². The van der Waals surface area contributed by atoms with Gasteiger partial charge in [0.2, 0.25) is 5.91 Å². The van der Waals surface area contributed by atoms with Gasteiger partial charge < -0.3 is 5.11 Å². The highest BCUT2D eigenvalue weighted by molar-refractivity contribution is 5.80. The van der Waals surface area contributed by atoms with E-state index in [1.165, 1.54) is 0 Å². The van der Waals surface area contributed by atoms with Crippen LogP contribution in [0.4, 0.5) is 0 Å². The zero-order valence-electron chi connectivity index (χ0n) is 11.3. The maximum absolute atomic E-state index is 11.6. The predicted molar refractivity (Wildman–Crippen MR) is 70.3 cm³/mol. The molecule has 1 aromatic rings. The predicted octanol–water partition coefficient (Wildman–Crippen LogP) is 1.78. The molecule has 0 saturated carbocycles. The summed E-state index contributed by atoms with van der Waals surface area (Å²) >= 11 is 0. The van der Waals surface area contributed by atoms with Crippen molar-refractivity contribution in [3.8, 4) is 0 Å². The Labute approximate surface area is 112 Å². The lowest BCUT2D eigenvalue weighted by atomic mass is 9.96. The standard InChI is InChI=1S/C14H19NO4/c1-14(2,3)13(18)15-19-11(12(16)17)9-10-7-5-4-6-8-10/h4-8,11H,9H2,1-3H3,(H,15,18)(H,16,17)/t11-/m0/s1. The second-order valence-electron chi connectivity index (χ2n) is 5.32. The Kier molecular flexibility index (Phi) is 5.06. The first-order chi connectivity index (χ1) is 8.80. The van der Waals surface area contributed by atoms with Crippen LogP contribution in [-0.4, -0.2) is 23.1 Å². The van der Waals surface area contributed by atoms with Crippen molar-refractivity contribution in [3.05, 3.63) is 35.9 Å². The molecule has 2 N–H and O–H groups in total. The van der Waals surface area contributed by atoms with Gasteiger partial charge in [-0.05, 0) is 5.56 Å². The van der Waals surface area contributed by atoms with E-state index in [-0.39, 0.29) is 12.3 Å². The van der Waals surface area contributed by atoms with Crippen molar-refractivity contribution in [2.24, 2.45) is 5.41 Å². The molecular weight excluding hydrogens is 246 g/mol. The summed E-state index contributed by atoms with van der Waals surface area (Å²) < 4.78 is 0. The molecule has 0 unspecified atom stereocenters. The van der Waals surface area contributed by atoms with Gasteiger partial charge in [0.25, 0.3) is 0 Å². The van der Waals surface area contributed by atoms with Gasteiger partial charge in [-0.1, -0.05) is 51.1 Å². The first-order valence-electron chi connectivity index (χ1n) is 6.03. The minimum absolute atomic E-state index is 0.195. The van der Waals surface area contributed by atoms with Crippen LogP contribution in [-0.2, 0) is 20.8 Å². The van der Waals surface area contributed by atoms with Crippen molar-refractivity contribution in [2.75, 3.05) is 0 Å². The third-order valence-corrected chi connectivity index (χ3v) is 2.51. The number of hydrogen-bond acceptors (Lipinski definition) is 3. The van der Waals surface area contributed by atoms with Crippen LogP contribution >= 0.6 is 0 Å². The molecule has 0 aliphatic heterocycles. The second kappa shape index (κ2) is 6.33. The highest BCUT2D eigenvalue weighted by atomic mass is 16.7. The quantitative estimate of drug-likeness (QED) is 0.796. The topological polar surface area (TPSA) is 75.6 Å². The van der Waals surface area contributed by atoms with E-state index in [4.69, 9.17) is 9.94 Å². The number of hydrogen-bond donors (Lipinski definition) is 2. The van der Waals surface area contributed by atoms with Gasteiger partial charge in [-0.3, -0.25) is 9.63 Å². The summed E-state index contributed by atoms with van der Waals surface area (Å²) in [5.74, 6) is -1.47. The van der Waals surface area contributed by atoms with E-state index < -0.39 is 17.5 Å². The summed E-state index contributed by atoms with van der Waals surface area (Å²) in [6, 6.07) is 9.11. The normalized spacial score (nSPS) is 12.8. The molecule has 0 bridgehead atoms.